The van der Waals surface area contributed by atoms with Crippen LogP contribution < -0.4 is 5.32 Å². The Morgan fingerprint density at radius 2 is 2.11 bits per heavy atom. The van der Waals surface area contributed by atoms with Crippen molar-refractivity contribution in [1.82, 2.24) is 9.97 Å². The van der Waals surface area contributed by atoms with E-state index in [1.54, 1.807) is 0 Å². The van der Waals surface area contributed by atoms with Crippen LogP contribution in [0.3, 0.4) is 0 Å². The van der Waals surface area contributed by atoms with Crippen molar-refractivity contribution in [2.45, 2.75) is 12.8 Å². The van der Waals surface area contributed by atoms with Gasteiger partial charge in [-0.25, -0.2) is 9.97 Å². The standard InChI is InChI=1S/C12H11Cl2N3O/c13-9-5-10(17-12(14)15-9)16-11(18)8-4-6-1-2-7(8)3-6/h1-2,5-8H,3-4H2,(H,15,16,17,18). The van der Waals surface area contributed by atoms with Crippen LogP contribution in [0.1, 0.15) is 12.8 Å². The molecule has 6 heteroatoms. The smallest absolute Gasteiger partial charge is 0.229 e. The number of hydrogen-bond donors (Lipinski definition) is 1. The molecule has 1 amide bonds. The molecule has 1 fully saturated rings. The number of halogens is 2. The van der Waals surface area contributed by atoms with Crippen molar-refractivity contribution in [2.75, 3.05) is 5.32 Å². The SMILES string of the molecule is O=C(Nc1cc(Cl)nc(Cl)n1)C1CC2C=CC1C2. The summed E-state index contributed by atoms with van der Waals surface area (Å²) in [4.78, 5) is 19.8. The third kappa shape index (κ3) is 2.22. The zero-order chi connectivity index (χ0) is 12.7. The number of nitrogens with one attached hydrogen (secondary N) is 1. The van der Waals surface area contributed by atoms with Crippen LogP contribution in [0.5, 0.6) is 0 Å². The largest absolute Gasteiger partial charge is 0.310 e. The van der Waals surface area contributed by atoms with Gasteiger partial charge in [-0.1, -0.05) is 23.8 Å². The molecule has 3 unspecified atom stereocenters. The number of amides is 1. The number of allylic oxidation sites excluding steroid dienone is 2. The number of rotatable bonds is 2. The van der Waals surface area contributed by atoms with E-state index in [1.165, 1.54) is 6.07 Å². The second-order valence-electron chi connectivity index (χ2n) is 4.72. The van der Waals surface area contributed by atoms with Gasteiger partial charge >= 0.3 is 0 Å². The molecule has 0 aliphatic heterocycles. The molecule has 2 aliphatic carbocycles. The Morgan fingerprint density at radius 1 is 1.28 bits per heavy atom. The maximum Gasteiger partial charge on any atom is 0.229 e. The van der Waals surface area contributed by atoms with Crippen molar-refractivity contribution in [1.29, 1.82) is 0 Å². The second kappa shape index (κ2) is 4.52. The van der Waals surface area contributed by atoms with E-state index in [-0.39, 0.29) is 22.3 Å². The molecule has 1 aromatic rings. The summed E-state index contributed by atoms with van der Waals surface area (Å²) in [6.45, 7) is 0. The van der Waals surface area contributed by atoms with Gasteiger partial charge in [-0.3, -0.25) is 4.79 Å². The van der Waals surface area contributed by atoms with E-state index < -0.39 is 0 Å². The monoisotopic (exact) mass is 283 g/mol. The minimum Gasteiger partial charge on any atom is -0.310 e. The van der Waals surface area contributed by atoms with Gasteiger partial charge in [-0.05, 0) is 36.3 Å². The molecule has 2 bridgehead atoms. The van der Waals surface area contributed by atoms with E-state index in [9.17, 15) is 4.79 Å². The lowest BCUT2D eigenvalue weighted by Crippen LogP contribution is -2.26. The first-order chi connectivity index (χ1) is 8.61. The first-order valence-corrected chi connectivity index (χ1v) is 6.56. The molecule has 0 saturated heterocycles. The van der Waals surface area contributed by atoms with Gasteiger partial charge in [0.1, 0.15) is 11.0 Å². The molecular weight excluding hydrogens is 273 g/mol. The van der Waals surface area contributed by atoms with Crippen LogP contribution in [-0.2, 0) is 4.79 Å². The average Bonchev–Trinajstić information content (AvgIpc) is 2.88. The highest BCUT2D eigenvalue weighted by atomic mass is 35.5. The van der Waals surface area contributed by atoms with Gasteiger partial charge in [-0.15, -0.1) is 0 Å². The van der Waals surface area contributed by atoms with E-state index in [1.807, 2.05) is 0 Å². The summed E-state index contributed by atoms with van der Waals surface area (Å²) < 4.78 is 0. The minimum atomic E-state index is -0.0160. The van der Waals surface area contributed by atoms with Crippen LogP contribution in [0.15, 0.2) is 18.2 Å². The van der Waals surface area contributed by atoms with E-state index >= 15 is 0 Å². The fraction of sp³-hybridized carbons (Fsp3) is 0.417. The van der Waals surface area contributed by atoms with Crippen LogP contribution in [0.25, 0.3) is 0 Å². The molecule has 2 aliphatic rings. The number of hydrogen-bond acceptors (Lipinski definition) is 3. The third-order valence-corrected chi connectivity index (χ3v) is 3.90. The number of carbonyl (C=O) groups excluding carboxylic acids is 1. The molecule has 1 heterocycles. The first-order valence-electron chi connectivity index (χ1n) is 5.81. The summed E-state index contributed by atoms with van der Waals surface area (Å²) >= 11 is 11.4. The fourth-order valence-electron chi connectivity index (χ4n) is 2.76. The Kier molecular flexibility index (Phi) is 2.99. The van der Waals surface area contributed by atoms with Crippen molar-refractivity contribution < 1.29 is 4.79 Å². The second-order valence-corrected chi connectivity index (χ2v) is 5.45. The van der Waals surface area contributed by atoms with Gasteiger partial charge < -0.3 is 5.32 Å². The molecule has 1 saturated carbocycles. The lowest BCUT2D eigenvalue weighted by molar-refractivity contribution is -0.120. The Hall–Kier alpha value is -1.13. The van der Waals surface area contributed by atoms with E-state index in [4.69, 9.17) is 23.2 Å². The van der Waals surface area contributed by atoms with Gasteiger partial charge in [0.2, 0.25) is 11.2 Å². The molecule has 0 spiro atoms. The summed E-state index contributed by atoms with van der Waals surface area (Å²) in [5, 5.41) is 3.01. The Bertz CT molecular complexity index is 512. The van der Waals surface area contributed by atoms with Crippen molar-refractivity contribution in [3.8, 4) is 0 Å². The van der Waals surface area contributed by atoms with Gasteiger partial charge in [0.25, 0.3) is 0 Å². The van der Waals surface area contributed by atoms with E-state index in [2.05, 4.69) is 27.4 Å². The lowest BCUT2D eigenvalue weighted by Gasteiger charge is -2.17. The van der Waals surface area contributed by atoms with Gasteiger partial charge in [0.15, 0.2) is 0 Å². The van der Waals surface area contributed by atoms with Crippen molar-refractivity contribution in [3.63, 3.8) is 0 Å². The third-order valence-electron chi connectivity index (χ3n) is 3.53. The highest BCUT2D eigenvalue weighted by molar-refractivity contribution is 6.32. The summed E-state index contributed by atoms with van der Waals surface area (Å²) in [7, 11) is 0. The van der Waals surface area contributed by atoms with Crippen molar-refractivity contribution in [2.24, 2.45) is 17.8 Å². The van der Waals surface area contributed by atoms with Gasteiger partial charge in [-0.2, -0.15) is 0 Å². The van der Waals surface area contributed by atoms with Crippen LogP contribution in [0.2, 0.25) is 10.4 Å². The zero-order valence-corrected chi connectivity index (χ0v) is 10.9. The van der Waals surface area contributed by atoms with Crippen LogP contribution in [0, 0.1) is 17.8 Å². The predicted molar refractivity (Wildman–Crippen MR) is 69.5 cm³/mol. The maximum atomic E-state index is 12.1. The number of carbonyl (C=O) groups is 1. The number of anilines is 1. The molecule has 0 radical (unpaired) electrons. The summed E-state index contributed by atoms with van der Waals surface area (Å²) in [6.07, 6.45) is 6.34. The fourth-order valence-corrected chi connectivity index (χ4v) is 3.16. The van der Waals surface area contributed by atoms with Gasteiger partial charge in [0, 0.05) is 12.0 Å². The molecule has 94 valence electrons. The highest BCUT2D eigenvalue weighted by Crippen LogP contribution is 2.43. The van der Waals surface area contributed by atoms with Crippen LogP contribution in [-0.4, -0.2) is 15.9 Å². The number of nitrogens with zero attached hydrogens (tertiary/aromatic N) is 2. The molecule has 1 aromatic heterocycles. The molecule has 4 nitrogen and oxygen atoms in total. The van der Waals surface area contributed by atoms with Crippen LogP contribution in [0.4, 0.5) is 5.82 Å². The van der Waals surface area contributed by atoms with E-state index in [0.717, 1.165) is 12.8 Å². The number of aromatic nitrogens is 2. The molecule has 0 aromatic carbocycles. The molecule has 18 heavy (non-hydrogen) atoms. The molecule has 3 atom stereocenters. The summed E-state index contributed by atoms with van der Waals surface area (Å²) in [5.41, 5.74) is 0. The zero-order valence-electron chi connectivity index (χ0n) is 9.44. The highest BCUT2D eigenvalue weighted by Gasteiger charge is 2.39. The Balaban J connectivity index is 1.73. The van der Waals surface area contributed by atoms with Gasteiger partial charge in [0.05, 0.1) is 0 Å². The first kappa shape index (κ1) is 11.9. The van der Waals surface area contributed by atoms with Crippen molar-refractivity contribution >= 4 is 34.9 Å². The maximum absolute atomic E-state index is 12.1. The van der Waals surface area contributed by atoms with E-state index in [0.29, 0.717) is 17.7 Å². The number of fused-ring (bicyclic) bond motifs is 2. The average molecular weight is 284 g/mol. The summed E-state index contributed by atoms with van der Waals surface area (Å²) in [6, 6.07) is 1.49. The quantitative estimate of drug-likeness (QED) is 0.516. The lowest BCUT2D eigenvalue weighted by atomic mass is 9.93. The summed E-state index contributed by atoms with van der Waals surface area (Å²) in [5.74, 6) is 1.30. The molecular formula is C12H11Cl2N3O. The normalized spacial score (nSPS) is 28.7. The molecule has 3 rings (SSSR count). The molecule has 1 N–H and O–H groups in total. The Morgan fingerprint density at radius 3 is 2.72 bits per heavy atom. The predicted octanol–water partition coefficient (Wildman–Crippen LogP) is 2.93. The topological polar surface area (TPSA) is 54.9 Å². The van der Waals surface area contributed by atoms with Crippen LogP contribution >= 0.6 is 23.2 Å². The Labute approximate surface area is 114 Å². The van der Waals surface area contributed by atoms with Crippen molar-refractivity contribution in [3.05, 3.63) is 28.7 Å². The minimum absolute atomic E-state index is 0.0160.